The second-order valence-corrected chi connectivity index (χ2v) is 4.99. The Bertz CT molecular complexity index is 93.0. The Morgan fingerprint density at radius 3 is 2.36 bits per heavy atom. The maximum Gasteiger partial charge on any atom is 0.0987 e. The summed E-state index contributed by atoms with van der Waals surface area (Å²) in [5.74, 6) is 0.663. The molecule has 0 saturated heterocycles. The van der Waals surface area contributed by atoms with Crippen LogP contribution in [-0.4, -0.2) is 45.0 Å². The Morgan fingerprint density at radius 2 is 1.91 bits per heavy atom. The van der Waals surface area contributed by atoms with Gasteiger partial charge in [0, 0.05) is 11.0 Å². The van der Waals surface area contributed by atoms with Crippen molar-refractivity contribution in [3.05, 3.63) is 0 Å². The molecule has 0 aliphatic rings. The maximum atomic E-state index is 9.01. The number of aliphatic hydroxyl groups excluding tert-OH is 3. The second-order valence-electron chi connectivity index (χ2n) is 1.85. The molecular formula is C5H12O3S3. The predicted molar refractivity (Wildman–Crippen MR) is 53.0 cm³/mol. The van der Waals surface area contributed by atoms with E-state index in [-0.39, 0.29) is 17.8 Å². The zero-order valence-corrected chi connectivity index (χ0v) is 8.41. The topological polar surface area (TPSA) is 60.7 Å². The van der Waals surface area contributed by atoms with Crippen molar-refractivity contribution < 1.29 is 15.3 Å². The van der Waals surface area contributed by atoms with Crippen LogP contribution in [0.5, 0.6) is 0 Å². The molecule has 0 radical (unpaired) electrons. The summed E-state index contributed by atoms with van der Waals surface area (Å²) in [7, 11) is 2.72. The molecule has 11 heavy (non-hydrogen) atoms. The average molecular weight is 216 g/mol. The normalized spacial score (nSPS) is 16.4. The SMILES string of the molecule is OCSSC[C@@H](S)[C@H](O)CO. The van der Waals surface area contributed by atoms with Gasteiger partial charge in [-0.15, -0.1) is 0 Å². The summed E-state index contributed by atoms with van der Waals surface area (Å²) in [5, 5.41) is 25.7. The van der Waals surface area contributed by atoms with Crippen molar-refractivity contribution >= 4 is 34.2 Å². The fraction of sp³-hybridized carbons (Fsp3) is 1.00. The van der Waals surface area contributed by atoms with Gasteiger partial charge in [0.25, 0.3) is 0 Å². The van der Waals surface area contributed by atoms with Crippen LogP contribution in [0.4, 0.5) is 0 Å². The average Bonchev–Trinajstić information content (AvgIpc) is 2.03. The lowest BCUT2D eigenvalue weighted by Gasteiger charge is -2.13. The third-order valence-corrected chi connectivity index (χ3v) is 3.77. The first-order chi connectivity index (χ1) is 5.22. The number of rotatable bonds is 6. The van der Waals surface area contributed by atoms with E-state index in [9.17, 15) is 0 Å². The Labute approximate surface area is 79.4 Å². The quantitative estimate of drug-likeness (QED) is 0.217. The number of thiol groups is 1. The monoisotopic (exact) mass is 216 g/mol. The van der Waals surface area contributed by atoms with E-state index in [1.807, 2.05) is 0 Å². The van der Waals surface area contributed by atoms with Gasteiger partial charge in [-0.1, -0.05) is 21.6 Å². The standard InChI is InChI=1S/C5H12O3S3/c6-1-4(8)5(9)2-10-11-3-7/h4-9H,1-3H2/t4-,5-/m1/s1. The zero-order valence-electron chi connectivity index (χ0n) is 5.88. The summed E-state index contributed by atoms with van der Waals surface area (Å²) in [4.78, 5) is 0. The van der Waals surface area contributed by atoms with Gasteiger partial charge in [0.2, 0.25) is 0 Å². The molecule has 0 amide bonds. The Balaban J connectivity index is 3.28. The first-order valence-corrected chi connectivity index (χ1v) is 6.05. The van der Waals surface area contributed by atoms with Crippen molar-refractivity contribution in [3.63, 3.8) is 0 Å². The van der Waals surface area contributed by atoms with Gasteiger partial charge in [-0.3, -0.25) is 0 Å². The van der Waals surface area contributed by atoms with E-state index in [4.69, 9.17) is 15.3 Å². The molecule has 0 aromatic heterocycles. The minimum atomic E-state index is -0.773. The van der Waals surface area contributed by atoms with E-state index in [2.05, 4.69) is 12.6 Å². The molecule has 0 bridgehead atoms. The molecule has 0 aliphatic heterocycles. The van der Waals surface area contributed by atoms with Gasteiger partial charge in [-0.25, -0.2) is 0 Å². The van der Waals surface area contributed by atoms with Crippen molar-refractivity contribution in [2.24, 2.45) is 0 Å². The number of hydrogen-bond acceptors (Lipinski definition) is 6. The number of hydrogen-bond donors (Lipinski definition) is 4. The molecule has 0 aromatic rings. The van der Waals surface area contributed by atoms with Crippen LogP contribution < -0.4 is 0 Å². The largest absolute Gasteiger partial charge is 0.394 e. The third-order valence-electron chi connectivity index (χ3n) is 1.01. The summed E-state index contributed by atoms with van der Waals surface area (Å²) < 4.78 is 0. The van der Waals surface area contributed by atoms with Gasteiger partial charge < -0.3 is 15.3 Å². The van der Waals surface area contributed by atoms with Gasteiger partial charge in [0.15, 0.2) is 0 Å². The molecule has 0 rings (SSSR count). The molecule has 2 atom stereocenters. The highest BCUT2D eigenvalue weighted by Crippen LogP contribution is 2.23. The van der Waals surface area contributed by atoms with Crippen molar-refractivity contribution in [1.82, 2.24) is 0 Å². The van der Waals surface area contributed by atoms with E-state index in [1.165, 1.54) is 21.6 Å². The lowest BCUT2D eigenvalue weighted by molar-refractivity contribution is 0.0978. The van der Waals surface area contributed by atoms with E-state index >= 15 is 0 Å². The van der Waals surface area contributed by atoms with E-state index in [0.29, 0.717) is 5.75 Å². The number of aliphatic hydroxyl groups is 3. The van der Waals surface area contributed by atoms with Crippen LogP contribution in [0.25, 0.3) is 0 Å². The Hall–Kier alpha value is 0.930. The van der Waals surface area contributed by atoms with Crippen LogP contribution in [0, 0.1) is 0 Å². The summed E-state index contributed by atoms with van der Waals surface area (Å²) in [6.07, 6.45) is -0.773. The summed E-state index contributed by atoms with van der Waals surface area (Å²) in [5.41, 5.74) is 0. The highest BCUT2D eigenvalue weighted by molar-refractivity contribution is 8.76. The third kappa shape index (κ3) is 6.12. The Kier molecular flexibility index (Phi) is 8.21. The fourth-order valence-corrected chi connectivity index (χ4v) is 2.49. The van der Waals surface area contributed by atoms with E-state index in [0.717, 1.165) is 0 Å². The lowest BCUT2D eigenvalue weighted by Crippen LogP contribution is -2.26. The first kappa shape index (κ1) is 11.9. The molecule has 3 N–H and O–H groups in total. The van der Waals surface area contributed by atoms with Crippen LogP contribution in [0.1, 0.15) is 0 Å². The van der Waals surface area contributed by atoms with Crippen molar-refractivity contribution in [3.8, 4) is 0 Å². The van der Waals surface area contributed by atoms with Crippen molar-refractivity contribution in [1.29, 1.82) is 0 Å². The molecule has 0 spiro atoms. The minimum Gasteiger partial charge on any atom is -0.394 e. The first-order valence-electron chi connectivity index (χ1n) is 3.04. The second kappa shape index (κ2) is 7.57. The van der Waals surface area contributed by atoms with Crippen molar-refractivity contribution in [2.45, 2.75) is 11.4 Å². The highest BCUT2D eigenvalue weighted by atomic mass is 33.1. The molecule has 0 heterocycles. The Morgan fingerprint density at radius 1 is 1.27 bits per heavy atom. The van der Waals surface area contributed by atoms with Gasteiger partial charge in [-0.05, 0) is 0 Å². The predicted octanol–water partition coefficient (Wildman–Crippen LogP) is -0.0308. The fourth-order valence-electron chi connectivity index (χ4n) is 0.388. The highest BCUT2D eigenvalue weighted by Gasteiger charge is 2.13. The molecule has 0 aromatic carbocycles. The van der Waals surface area contributed by atoms with Gasteiger partial charge in [0.1, 0.15) is 0 Å². The van der Waals surface area contributed by atoms with Crippen LogP contribution in [0.2, 0.25) is 0 Å². The lowest BCUT2D eigenvalue weighted by atomic mass is 10.3. The summed E-state index contributed by atoms with van der Waals surface area (Å²) in [6.45, 7) is -0.265. The maximum absolute atomic E-state index is 9.01. The van der Waals surface area contributed by atoms with Crippen LogP contribution >= 0.6 is 34.2 Å². The van der Waals surface area contributed by atoms with Gasteiger partial charge in [-0.2, -0.15) is 12.6 Å². The molecular weight excluding hydrogens is 204 g/mol. The smallest absolute Gasteiger partial charge is 0.0987 e. The molecule has 0 fully saturated rings. The van der Waals surface area contributed by atoms with E-state index in [1.54, 1.807) is 0 Å². The van der Waals surface area contributed by atoms with Gasteiger partial charge >= 0.3 is 0 Å². The molecule has 0 unspecified atom stereocenters. The minimum absolute atomic E-state index is 0.0559. The molecule has 68 valence electrons. The summed E-state index contributed by atoms with van der Waals surface area (Å²) in [6, 6.07) is 0. The van der Waals surface area contributed by atoms with Crippen LogP contribution in [0.15, 0.2) is 0 Å². The van der Waals surface area contributed by atoms with Crippen LogP contribution in [-0.2, 0) is 0 Å². The zero-order chi connectivity index (χ0) is 8.69. The molecule has 0 aliphatic carbocycles. The van der Waals surface area contributed by atoms with Crippen molar-refractivity contribution in [2.75, 3.05) is 18.3 Å². The van der Waals surface area contributed by atoms with Crippen LogP contribution in [0.3, 0.4) is 0 Å². The molecule has 6 heteroatoms. The van der Waals surface area contributed by atoms with Gasteiger partial charge in [0.05, 0.1) is 18.6 Å². The molecule has 0 saturated carbocycles. The molecule has 3 nitrogen and oxygen atoms in total. The van der Waals surface area contributed by atoms with E-state index < -0.39 is 6.10 Å². The summed E-state index contributed by atoms with van der Waals surface area (Å²) >= 11 is 4.05.